The first-order valence-corrected chi connectivity index (χ1v) is 6.52. The highest BCUT2D eigenvalue weighted by Gasteiger charge is 2.19. The maximum Gasteiger partial charge on any atom is 0.137 e. The second-order valence-electron chi connectivity index (χ2n) is 4.22. The summed E-state index contributed by atoms with van der Waals surface area (Å²) in [5.41, 5.74) is 7.71. The van der Waals surface area contributed by atoms with E-state index < -0.39 is 0 Å². The fourth-order valence-electron chi connectivity index (χ4n) is 2.11. The average molecular weight is 261 g/mol. The molecule has 0 amide bonds. The largest absolute Gasteiger partial charge is 0.459 e. The summed E-state index contributed by atoms with van der Waals surface area (Å²) in [7, 11) is 0. The first-order chi connectivity index (χ1) is 8.66. The van der Waals surface area contributed by atoms with Gasteiger partial charge < -0.3 is 10.2 Å². The molecule has 0 saturated heterocycles. The molecule has 3 aromatic rings. The highest BCUT2D eigenvalue weighted by molar-refractivity contribution is 7.10. The number of nitrogens with two attached hydrogens (primary N) is 1. The maximum absolute atomic E-state index is 13.2. The van der Waals surface area contributed by atoms with E-state index in [0.29, 0.717) is 11.3 Å². The minimum Gasteiger partial charge on any atom is -0.459 e. The van der Waals surface area contributed by atoms with Crippen molar-refractivity contribution in [2.75, 3.05) is 0 Å². The number of halogens is 1. The van der Waals surface area contributed by atoms with Crippen LogP contribution in [-0.4, -0.2) is 0 Å². The Morgan fingerprint density at radius 3 is 2.89 bits per heavy atom. The van der Waals surface area contributed by atoms with Gasteiger partial charge in [-0.05, 0) is 30.5 Å². The van der Waals surface area contributed by atoms with Gasteiger partial charge >= 0.3 is 0 Å². The molecular formula is C14H12FNOS. The van der Waals surface area contributed by atoms with Crippen LogP contribution >= 0.6 is 11.3 Å². The van der Waals surface area contributed by atoms with Gasteiger partial charge in [-0.2, -0.15) is 0 Å². The second kappa shape index (κ2) is 4.23. The van der Waals surface area contributed by atoms with Gasteiger partial charge in [0, 0.05) is 21.9 Å². The zero-order chi connectivity index (χ0) is 12.7. The van der Waals surface area contributed by atoms with Crippen molar-refractivity contribution in [3.63, 3.8) is 0 Å². The Labute approximate surface area is 108 Å². The van der Waals surface area contributed by atoms with E-state index in [-0.39, 0.29) is 11.9 Å². The first kappa shape index (κ1) is 11.4. The molecule has 1 atom stereocenters. The molecule has 0 aliphatic rings. The van der Waals surface area contributed by atoms with Crippen molar-refractivity contribution in [3.8, 4) is 0 Å². The van der Waals surface area contributed by atoms with Crippen molar-refractivity contribution in [2.24, 2.45) is 5.73 Å². The zero-order valence-electron chi connectivity index (χ0n) is 9.81. The van der Waals surface area contributed by atoms with Crippen LogP contribution in [0.3, 0.4) is 0 Å². The molecule has 2 aromatic heterocycles. The van der Waals surface area contributed by atoms with E-state index in [9.17, 15) is 4.39 Å². The van der Waals surface area contributed by atoms with Crippen LogP contribution in [0.4, 0.5) is 4.39 Å². The number of hydrogen-bond donors (Lipinski definition) is 1. The highest BCUT2D eigenvalue weighted by atomic mass is 32.1. The zero-order valence-corrected chi connectivity index (χ0v) is 10.6. The lowest BCUT2D eigenvalue weighted by Crippen LogP contribution is -2.10. The van der Waals surface area contributed by atoms with Crippen LogP contribution in [0.1, 0.15) is 22.2 Å². The summed E-state index contributed by atoms with van der Waals surface area (Å²) in [5.74, 6) is 0.408. The molecule has 0 saturated carbocycles. The summed E-state index contributed by atoms with van der Waals surface area (Å²) in [6.45, 7) is 1.95. The van der Waals surface area contributed by atoms with Crippen molar-refractivity contribution in [1.82, 2.24) is 0 Å². The Kier molecular flexibility index (Phi) is 2.69. The molecule has 2 heterocycles. The lowest BCUT2D eigenvalue weighted by molar-refractivity contribution is 0.521. The van der Waals surface area contributed by atoms with Crippen molar-refractivity contribution in [2.45, 2.75) is 13.0 Å². The van der Waals surface area contributed by atoms with Crippen LogP contribution in [0, 0.1) is 12.7 Å². The second-order valence-corrected chi connectivity index (χ2v) is 5.20. The summed E-state index contributed by atoms with van der Waals surface area (Å²) in [6, 6.07) is 8.20. The Hall–Kier alpha value is -1.65. The highest BCUT2D eigenvalue weighted by Crippen LogP contribution is 2.33. The number of aryl methyl sites for hydroxylation is 1. The predicted octanol–water partition coefficient (Wildman–Crippen LogP) is 3.99. The summed E-state index contributed by atoms with van der Waals surface area (Å²) < 4.78 is 18.9. The number of rotatable bonds is 2. The molecule has 0 aliphatic heterocycles. The number of hydrogen-bond acceptors (Lipinski definition) is 3. The molecule has 2 nitrogen and oxygen atoms in total. The van der Waals surface area contributed by atoms with Gasteiger partial charge in [-0.15, -0.1) is 11.3 Å². The monoisotopic (exact) mass is 261 g/mol. The minimum atomic E-state index is -0.299. The first-order valence-electron chi connectivity index (χ1n) is 5.64. The van der Waals surface area contributed by atoms with Crippen LogP contribution in [0.25, 0.3) is 11.0 Å². The third-order valence-electron chi connectivity index (χ3n) is 3.07. The predicted molar refractivity (Wildman–Crippen MR) is 71.3 cm³/mol. The summed E-state index contributed by atoms with van der Waals surface area (Å²) in [6.07, 6.45) is 0. The third kappa shape index (κ3) is 1.74. The topological polar surface area (TPSA) is 39.2 Å². The molecule has 4 heteroatoms. The third-order valence-corrected chi connectivity index (χ3v) is 4.02. The van der Waals surface area contributed by atoms with E-state index in [4.69, 9.17) is 10.2 Å². The Morgan fingerprint density at radius 2 is 2.17 bits per heavy atom. The number of thiophene rings is 1. The van der Waals surface area contributed by atoms with E-state index in [2.05, 4.69) is 0 Å². The molecule has 1 unspecified atom stereocenters. The van der Waals surface area contributed by atoms with Gasteiger partial charge in [-0.3, -0.25) is 0 Å². The summed E-state index contributed by atoms with van der Waals surface area (Å²) in [5, 5.41) is 2.89. The van der Waals surface area contributed by atoms with Crippen molar-refractivity contribution in [1.29, 1.82) is 0 Å². The van der Waals surface area contributed by atoms with E-state index in [1.807, 2.05) is 24.4 Å². The molecule has 0 aliphatic carbocycles. The molecule has 18 heavy (non-hydrogen) atoms. The molecule has 0 radical (unpaired) electrons. The number of benzene rings is 1. The molecule has 0 spiro atoms. The van der Waals surface area contributed by atoms with Gasteiger partial charge in [0.15, 0.2) is 0 Å². The van der Waals surface area contributed by atoms with Crippen molar-refractivity contribution in [3.05, 3.63) is 57.7 Å². The van der Waals surface area contributed by atoms with Gasteiger partial charge in [0.2, 0.25) is 0 Å². The average Bonchev–Trinajstić information content (AvgIpc) is 2.97. The van der Waals surface area contributed by atoms with Crippen molar-refractivity contribution < 1.29 is 8.81 Å². The van der Waals surface area contributed by atoms with Crippen LogP contribution in [0.2, 0.25) is 0 Å². The molecule has 92 valence electrons. The van der Waals surface area contributed by atoms with Gasteiger partial charge in [0.25, 0.3) is 0 Å². The smallest absolute Gasteiger partial charge is 0.137 e. The summed E-state index contributed by atoms with van der Waals surface area (Å²) in [4.78, 5) is 1.04. The quantitative estimate of drug-likeness (QED) is 0.757. The van der Waals surface area contributed by atoms with Crippen LogP contribution < -0.4 is 5.73 Å². The van der Waals surface area contributed by atoms with E-state index in [1.54, 1.807) is 17.4 Å². The van der Waals surface area contributed by atoms with Gasteiger partial charge in [0.1, 0.15) is 17.2 Å². The molecular weight excluding hydrogens is 249 g/mol. The fraction of sp³-hybridized carbons (Fsp3) is 0.143. The SMILES string of the molecule is Cc1c(C(N)c2cccs2)oc2cc(F)ccc12. The molecule has 3 rings (SSSR count). The lowest BCUT2D eigenvalue weighted by Gasteiger charge is -2.06. The normalized spacial score (nSPS) is 13.1. The molecule has 0 fully saturated rings. The Balaban J connectivity index is 2.15. The Bertz CT molecular complexity index is 687. The Morgan fingerprint density at radius 1 is 1.33 bits per heavy atom. The van der Waals surface area contributed by atoms with Crippen LogP contribution in [-0.2, 0) is 0 Å². The molecule has 2 N–H and O–H groups in total. The minimum absolute atomic E-state index is 0.291. The lowest BCUT2D eigenvalue weighted by atomic mass is 10.1. The van der Waals surface area contributed by atoms with E-state index >= 15 is 0 Å². The van der Waals surface area contributed by atoms with Gasteiger partial charge in [-0.1, -0.05) is 6.07 Å². The van der Waals surface area contributed by atoms with E-state index in [0.717, 1.165) is 15.8 Å². The van der Waals surface area contributed by atoms with Crippen LogP contribution in [0.15, 0.2) is 40.1 Å². The number of furan rings is 1. The van der Waals surface area contributed by atoms with Gasteiger partial charge in [0.05, 0.1) is 6.04 Å². The molecule has 1 aromatic carbocycles. The van der Waals surface area contributed by atoms with Crippen molar-refractivity contribution >= 4 is 22.3 Å². The van der Waals surface area contributed by atoms with Crippen LogP contribution in [0.5, 0.6) is 0 Å². The van der Waals surface area contributed by atoms with Gasteiger partial charge in [-0.25, -0.2) is 4.39 Å². The molecule has 0 bridgehead atoms. The fourth-order valence-corrected chi connectivity index (χ4v) is 2.84. The standard InChI is InChI=1S/C14H12FNOS/c1-8-10-5-4-9(15)7-11(10)17-14(8)13(16)12-3-2-6-18-12/h2-7,13H,16H2,1H3. The van der Waals surface area contributed by atoms with E-state index in [1.165, 1.54) is 12.1 Å². The number of fused-ring (bicyclic) bond motifs is 1. The maximum atomic E-state index is 13.2. The summed E-state index contributed by atoms with van der Waals surface area (Å²) >= 11 is 1.59.